The second-order valence-electron chi connectivity index (χ2n) is 6.89. The van der Waals surface area contributed by atoms with E-state index in [9.17, 15) is 8.42 Å². The van der Waals surface area contributed by atoms with Crippen molar-refractivity contribution in [3.63, 3.8) is 0 Å². The standard InChI is InChI=1S/C15H22ClN3O4S/c1-9-6-12(18-8-17-9)19-11-7-10(4-5-24(16,20)21)13-14(11)23-15(2,3)22-13/h6,8,10-11,13-14H,4-5,7H2,1-3H3,(H,17,18,19)/t10-,11+,13+,14-/m0/s1. The largest absolute Gasteiger partial charge is 0.364 e. The van der Waals surface area contributed by atoms with Gasteiger partial charge < -0.3 is 14.8 Å². The first-order chi connectivity index (χ1) is 11.1. The molecule has 7 nitrogen and oxygen atoms in total. The Hall–Kier alpha value is -0.960. The second-order valence-corrected chi connectivity index (χ2v) is 9.78. The lowest BCUT2D eigenvalue weighted by Crippen LogP contribution is -2.34. The van der Waals surface area contributed by atoms with E-state index in [1.807, 2.05) is 26.8 Å². The van der Waals surface area contributed by atoms with Gasteiger partial charge in [-0.25, -0.2) is 18.4 Å². The van der Waals surface area contributed by atoms with Crippen LogP contribution in [0.15, 0.2) is 12.4 Å². The van der Waals surface area contributed by atoms with Crippen molar-refractivity contribution in [2.75, 3.05) is 11.1 Å². The molecule has 1 aromatic heterocycles. The van der Waals surface area contributed by atoms with Gasteiger partial charge in [-0.2, -0.15) is 0 Å². The number of aryl methyl sites for hydroxylation is 1. The van der Waals surface area contributed by atoms with Gasteiger partial charge in [-0.15, -0.1) is 0 Å². The van der Waals surface area contributed by atoms with Crippen LogP contribution in [-0.2, 0) is 18.5 Å². The molecule has 9 heteroatoms. The molecule has 0 bridgehead atoms. The number of ether oxygens (including phenoxy) is 2. The van der Waals surface area contributed by atoms with Crippen molar-refractivity contribution in [1.29, 1.82) is 0 Å². The SMILES string of the molecule is Cc1cc(N[C@@H]2C[C@H](CCS(=O)(=O)Cl)[C@H]3OC(C)(C)O[C@H]32)ncn1. The third-order valence-corrected chi connectivity index (χ3v) is 5.64. The zero-order chi connectivity index (χ0) is 17.5. The van der Waals surface area contributed by atoms with Crippen LogP contribution in [0.5, 0.6) is 0 Å². The topological polar surface area (TPSA) is 90.4 Å². The number of fused-ring (bicyclic) bond motifs is 1. The van der Waals surface area contributed by atoms with E-state index in [0.717, 1.165) is 17.9 Å². The number of hydrogen-bond donors (Lipinski definition) is 1. The van der Waals surface area contributed by atoms with Crippen molar-refractivity contribution >= 4 is 25.6 Å². The average Bonchev–Trinajstić information content (AvgIpc) is 2.91. The van der Waals surface area contributed by atoms with Crippen molar-refractivity contribution in [2.24, 2.45) is 5.92 Å². The molecule has 1 aliphatic heterocycles. The summed E-state index contributed by atoms with van der Waals surface area (Å²) < 4.78 is 34.6. The molecule has 24 heavy (non-hydrogen) atoms. The van der Waals surface area contributed by atoms with Crippen LogP contribution in [0.4, 0.5) is 5.82 Å². The number of anilines is 1. The van der Waals surface area contributed by atoms with Crippen LogP contribution >= 0.6 is 10.7 Å². The van der Waals surface area contributed by atoms with Crippen LogP contribution in [0, 0.1) is 12.8 Å². The summed E-state index contributed by atoms with van der Waals surface area (Å²) in [4.78, 5) is 8.32. The first kappa shape index (κ1) is 17.8. The van der Waals surface area contributed by atoms with Crippen molar-refractivity contribution in [2.45, 2.75) is 57.6 Å². The Kier molecular flexibility index (Phi) is 4.76. The molecule has 1 aromatic rings. The minimum atomic E-state index is -3.52. The lowest BCUT2D eigenvalue weighted by Gasteiger charge is -2.24. The van der Waals surface area contributed by atoms with Gasteiger partial charge in [-0.05, 0) is 39.5 Å². The predicted octanol–water partition coefficient (Wildman–Crippen LogP) is 2.06. The molecule has 0 amide bonds. The van der Waals surface area contributed by atoms with E-state index in [2.05, 4.69) is 15.3 Å². The third kappa shape index (κ3) is 4.17. The molecule has 134 valence electrons. The fourth-order valence-corrected chi connectivity index (χ4v) is 4.38. The Morgan fingerprint density at radius 1 is 1.33 bits per heavy atom. The second kappa shape index (κ2) is 6.40. The van der Waals surface area contributed by atoms with Gasteiger partial charge >= 0.3 is 0 Å². The summed E-state index contributed by atoms with van der Waals surface area (Å²) in [6.07, 6.45) is 2.39. The van der Waals surface area contributed by atoms with Crippen LogP contribution in [-0.4, -0.2) is 48.2 Å². The molecular weight excluding hydrogens is 354 g/mol. The summed E-state index contributed by atoms with van der Waals surface area (Å²) in [6, 6.07) is 1.86. The number of nitrogens with zero attached hydrogens (tertiary/aromatic N) is 2. The average molecular weight is 376 g/mol. The number of aromatic nitrogens is 2. The molecule has 0 unspecified atom stereocenters. The maximum absolute atomic E-state index is 11.3. The Morgan fingerprint density at radius 3 is 2.71 bits per heavy atom. The normalized spacial score (nSPS) is 31.8. The molecule has 1 saturated heterocycles. The molecule has 4 atom stereocenters. The van der Waals surface area contributed by atoms with Crippen molar-refractivity contribution in [3.8, 4) is 0 Å². The quantitative estimate of drug-likeness (QED) is 0.787. The van der Waals surface area contributed by atoms with E-state index in [0.29, 0.717) is 6.42 Å². The molecule has 2 heterocycles. The highest BCUT2D eigenvalue weighted by atomic mass is 35.7. The molecule has 1 saturated carbocycles. The van der Waals surface area contributed by atoms with Crippen LogP contribution in [0.3, 0.4) is 0 Å². The molecule has 1 aliphatic carbocycles. The zero-order valence-corrected chi connectivity index (χ0v) is 15.5. The van der Waals surface area contributed by atoms with Crippen molar-refractivity contribution < 1.29 is 17.9 Å². The maximum Gasteiger partial charge on any atom is 0.232 e. The Balaban J connectivity index is 1.75. The van der Waals surface area contributed by atoms with E-state index in [4.69, 9.17) is 20.2 Å². The van der Waals surface area contributed by atoms with Gasteiger partial charge in [-0.1, -0.05) is 0 Å². The molecular formula is C15H22ClN3O4S. The molecule has 2 fully saturated rings. The lowest BCUT2D eigenvalue weighted by molar-refractivity contribution is -0.157. The van der Waals surface area contributed by atoms with Crippen LogP contribution in [0.1, 0.15) is 32.4 Å². The first-order valence-electron chi connectivity index (χ1n) is 7.96. The first-order valence-corrected chi connectivity index (χ1v) is 10.4. The molecule has 0 radical (unpaired) electrons. The Labute approximate surface area is 146 Å². The molecule has 0 spiro atoms. The van der Waals surface area contributed by atoms with Gasteiger partial charge in [0.2, 0.25) is 9.05 Å². The molecule has 0 aromatic carbocycles. The van der Waals surface area contributed by atoms with Crippen LogP contribution in [0.2, 0.25) is 0 Å². The number of rotatable bonds is 5. The van der Waals surface area contributed by atoms with Gasteiger partial charge in [-0.3, -0.25) is 0 Å². The van der Waals surface area contributed by atoms with Crippen LogP contribution in [0.25, 0.3) is 0 Å². The predicted molar refractivity (Wildman–Crippen MR) is 90.4 cm³/mol. The molecule has 3 rings (SSSR count). The lowest BCUT2D eigenvalue weighted by atomic mass is 10.0. The molecule has 1 N–H and O–H groups in total. The number of nitrogens with one attached hydrogen (secondary N) is 1. The summed E-state index contributed by atoms with van der Waals surface area (Å²) in [5.41, 5.74) is 0.871. The maximum atomic E-state index is 11.3. The summed E-state index contributed by atoms with van der Waals surface area (Å²) >= 11 is 0. The molecule has 2 aliphatic rings. The summed E-state index contributed by atoms with van der Waals surface area (Å²) in [5, 5.41) is 3.38. The minimum absolute atomic E-state index is 0.00546. The van der Waals surface area contributed by atoms with Gasteiger partial charge in [0.1, 0.15) is 18.2 Å². The van der Waals surface area contributed by atoms with E-state index in [1.165, 1.54) is 6.33 Å². The smallest absolute Gasteiger partial charge is 0.232 e. The highest BCUT2D eigenvalue weighted by Crippen LogP contribution is 2.44. The summed E-state index contributed by atoms with van der Waals surface area (Å²) in [6.45, 7) is 5.63. The Morgan fingerprint density at radius 2 is 2.04 bits per heavy atom. The van der Waals surface area contributed by atoms with Crippen LogP contribution < -0.4 is 5.32 Å². The number of hydrogen-bond acceptors (Lipinski definition) is 7. The van der Waals surface area contributed by atoms with Crippen molar-refractivity contribution in [1.82, 2.24) is 9.97 Å². The summed E-state index contributed by atoms with van der Waals surface area (Å²) in [7, 11) is 1.85. The van der Waals surface area contributed by atoms with Gasteiger partial charge in [0.15, 0.2) is 5.79 Å². The zero-order valence-electron chi connectivity index (χ0n) is 13.9. The highest BCUT2D eigenvalue weighted by molar-refractivity contribution is 8.13. The van der Waals surface area contributed by atoms with Gasteiger partial charge in [0, 0.05) is 22.4 Å². The van der Waals surface area contributed by atoms with E-state index >= 15 is 0 Å². The fourth-order valence-electron chi connectivity index (χ4n) is 3.53. The fraction of sp³-hybridized carbons (Fsp3) is 0.733. The Bertz CT molecular complexity index is 712. The van der Waals surface area contributed by atoms with Crippen molar-refractivity contribution in [3.05, 3.63) is 18.1 Å². The van der Waals surface area contributed by atoms with Gasteiger partial charge in [0.25, 0.3) is 0 Å². The monoisotopic (exact) mass is 375 g/mol. The van der Waals surface area contributed by atoms with E-state index < -0.39 is 14.8 Å². The third-order valence-electron chi connectivity index (χ3n) is 4.45. The summed E-state index contributed by atoms with van der Waals surface area (Å²) in [5.74, 6) is 0.0388. The van der Waals surface area contributed by atoms with Gasteiger partial charge in [0.05, 0.1) is 17.9 Å². The minimum Gasteiger partial charge on any atom is -0.364 e. The number of halogens is 1. The van der Waals surface area contributed by atoms with E-state index in [1.54, 1.807) is 0 Å². The van der Waals surface area contributed by atoms with E-state index in [-0.39, 0.29) is 29.9 Å². The highest BCUT2D eigenvalue weighted by Gasteiger charge is 2.53.